The van der Waals surface area contributed by atoms with E-state index >= 15 is 0 Å². The number of aromatic nitrogens is 3. The summed E-state index contributed by atoms with van der Waals surface area (Å²) in [6, 6.07) is 3.47. The van der Waals surface area contributed by atoms with Crippen LogP contribution in [0.3, 0.4) is 0 Å². The summed E-state index contributed by atoms with van der Waals surface area (Å²) in [6.45, 7) is 0.465. The zero-order chi connectivity index (χ0) is 22.0. The average Bonchev–Trinajstić information content (AvgIpc) is 3.25. The molecule has 4 rings (SSSR count). The van der Waals surface area contributed by atoms with Gasteiger partial charge in [0.05, 0.1) is 35.3 Å². The van der Waals surface area contributed by atoms with Crippen molar-refractivity contribution >= 4 is 27.9 Å². The number of H-pyrrole nitrogens is 1. The molecular weight excluding hydrogens is 428 g/mol. The smallest absolute Gasteiger partial charge is 0.277 e. The van der Waals surface area contributed by atoms with Gasteiger partial charge in [-0.05, 0) is 31.4 Å². The Morgan fingerprint density at radius 3 is 2.87 bits per heavy atom. The molecule has 11 heteroatoms. The standard InChI is InChI=1S/C20H21F2N5O3S/c21-12-2-1-3-13(22)16(12)20-26-17(18(23)31-20)19(29)25-15-9-24-27-14(15)8-11-5-4-10(28)6-7-30-11/h1-3,9-11,28H,4-8,23H2,(H,24,27)(H,25,29). The van der Waals surface area contributed by atoms with E-state index < -0.39 is 17.5 Å². The minimum Gasteiger partial charge on any atom is -0.393 e. The number of carbonyl (C=O) groups is 1. The number of hydrogen-bond acceptors (Lipinski definition) is 7. The van der Waals surface area contributed by atoms with Crippen molar-refractivity contribution in [1.29, 1.82) is 0 Å². The van der Waals surface area contributed by atoms with E-state index in [2.05, 4.69) is 20.5 Å². The summed E-state index contributed by atoms with van der Waals surface area (Å²) < 4.78 is 33.9. The monoisotopic (exact) mass is 449 g/mol. The third-order valence-electron chi connectivity index (χ3n) is 5.07. The fourth-order valence-corrected chi connectivity index (χ4v) is 4.30. The molecule has 2 atom stereocenters. The molecule has 0 saturated carbocycles. The van der Waals surface area contributed by atoms with Crippen LogP contribution in [0.15, 0.2) is 24.4 Å². The van der Waals surface area contributed by atoms with Crippen molar-refractivity contribution in [3.8, 4) is 10.6 Å². The van der Waals surface area contributed by atoms with Crippen molar-refractivity contribution in [3.63, 3.8) is 0 Å². The van der Waals surface area contributed by atoms with Gasteiger partial charge in [-0.2, -0.15) is 5.10 Å². The number of nitrogens with one attached hydrogen (secondary N) is 2. The van der Waals surface area contributed by atoms with Gasteiger partial charge in [0.2, 0.25) is 0 Å². The number of thiazole rings is 1. The molecule has 1 aliphatic rings. The number of nitrogens with zero attached hydrogens (tertiary/aromatic N) is 2. The molecule has 1 saturated heterocycles. The molecule has 8 nitrogen and oxygen atoms in total. The number of halogens is 2. The average molecular weight is 449 g/mol. The van der Waals surface area contributed by atoms with Crippen LogP contribution in [0, 0.1) is 11.6 Å². The van der Waals surface area contributed by atoms with Crippen molar-refractivity contribution in [3.05, 3.63) is 47.4 Å². The molecule has 2 unspecified atom stereocenters. The number of rotatable bonds is 5. The molecule has 164 valence electrons. The maximum Gasteiger partial charge on any atom is 0.277 e. The van der Waals surface area contributed by atoms with Crippen LogP contribution in [-0.2, 0) is 11.2 Å². The summed E-state index contributed by atoms with van der Waals surface area (Å²) in [6.07, 6.45) is 3.37. The molecule has 5 N–H and O–H groups in total. The second-order valence-corrected chi connectivity index (χ2v) is 8.29. The zero-order valence-electron chi connectivity index (χ0n) is 16.4. The van der Waals surface area contributed by atoms with Gasteiger partial charge < -0.3 is 20.9 Å². The first-order valence-corrected chi connectivity index (χ1v) is 10.6. The third-order valence-corrected chi connectivity index (χ3v) is 5.97. The summed E-state index contributed by atoms with van der Waals surface area (Å²) in [7, 11) is 0. The van der Waals surface area contributed by atoms with Gasteiger partial charge >= 0.3 is 0 Å². The molecule has 3 heterocycles. The van der Waals surface area contributed by atoms with Gasteiger partial charge in [-0.25, -0.2) is 13.8 Å². The molecule has 0 spiro atoms. The fraction of sp³-hybridized carbons (Fsp3) is 0.350. The van der Waals surface area contributed by atoms with Crippen LogP contribution in [-0.4, -0.2) is 45.0 Å². The first-order chi connectivity index (χ1) is 14.9. The third kappa shape index (κ3) is 4.73. The summed E-state index contributed by atoms with van der Waals surface area (Å²) in [5.41, 5.74) is 6.56. The molecule has 3 aromatic rings. The normalized spacial score (nSPS) is 19.2. The van der Waals surface area contributed by atoms with Crippen LogP contribution in [0.25, 0.3) is 10.6 Å². The number of benzene rings is 1. The lowest BCUT2D eigenvalue weighted by Gasteiger charge is -2.14. The zero-order valence-corrected chi connectivity index (χ0v) is 17.2. The van der Waals surface area contributed by atoms with Crippen LogP contribution in [0.1, 0.15) is 35.4 Å². The van der Waals surface area contributed by atoms with Gasteiger partial charge in [0, 0.05) is 13.0 Å². The van der Waals surface area contributed by atoms with Gasteiger partial charge in [-0.15, -0.1) is 0 Å². The Kier molecular flexibility index (Phi) is 6.25. The minimum atomic E-state index is -0.786. The molecule has 0 bridgehead atoms. The Morgan fingerprint density at radius 1 is 1.32 bits per heavy atom. The molecule has 1 fully saturated rings. The quantitative estimate of drug-likeness (QED) is 0.474. The van der Waals surface area contributed by atoms with E-state index in [4.69, 9.17) is 10.5 Å². The number of amides is 1. The minimum absolute atomic E-state index is 0.0175. The molecular formula is C20H21F2N5O3S. The highest BCUT2D eigenvalue weighted by molar-refractivity contribution is 7.19. The molecule has 1 amide bonds. The second-order valence-electron chi connectivity index (χ2n) is 7.26. The number of aromatic amines is 1. The maximum atomic E-state index is 14.1. The van der Waals surface area contributed by atoms with Crippen molar-refractivity contribution in [1.82, 2.24) is 15.2 Å². The van der Waals surface area contributed by atoms with Crippen LogP contribution < -0.4 is 11.1 Å². The number of anilines is 2. The lowest BCUT2D eigenvalue weighted by Crippen LogP contribution is -2.18. The number of nitrogens with two attached hydrogens (primary N) is 1. The van der Waals surface area contributed by atoms with Crippen molar-refractivity contribution in [2.24, 2.45) is 0 Å². The predicted octanol–water partition coefficient (Wildman–Crippen LogP) is 3.12. The van der Waals surface area contributed by atoms with E-state index in [1.807, 2.05) is 0 Å². The topological polar surface area (TPSA) is 126 Å². The lowest BCUT2D eigenvalue weighted by molar-refractivity contribution is 0.0546. The first-order valence-electron chi connectivity index (χ1n) is 9.76. The van der Waals surface area contributed by atoms with Gasteiger partial charge in [-0.1, -0.05) is 17.4 Å². The SMILES string of the molecule is Nc1sc(-c2c(F)cccc2F)nc1C(=O)Nc1cn[nH]c1CC1CCC(O)CCO1. The molecule has 1 aliphatic heterocycles. The number of aliphatic hydroxyl groups is 1. The van der Waals surface area contributed by atoms with E-state index in [1.54, 1.807) is 0 Å². The highest BCUT2D eigenvalue weighted by atomic mass is 32.1. The van der Waals surface area contributed by atoms with Crippen LogP contribution in [0.2, 0.25) is 0 Å². The number of carbonyl (C=O) groups excluding carboxylic acids is 1. The van der Waals surface area contributed by atoms with Gasteiger partial charge in [-0.3, -0.25) is 9.89 Å². The van der Waals surface area contributed by atoms with E-state index in [0.717, 1.165) is 23.5 Å². The Bertz CT molecular complexity index is 1070. The van der Waals surface area contributed by atoms with E-state index in [1.165, 1.54) is 12.3 Å². The Labute approximate surface area is 180 Å². The second kappa shape index (κ2) is 9.08. The van der Waals surface area contributed by atoms with E-state index in [9.17, 15) is 18.7 Å². The van der Waals surface area contributed by atoms with Crippen LogP contribution >= 0.6 is 11.3 Å². The number of aliphatic hydroxyl groups excluding tert-OH is 1. The summed E-state index contributed by atoms with van der Waals surface area (Å²) in [5.74, 6) is -2.19. The Balaban J connectivity index is 1.50. The van der Waals surface area contributed by atoms with E-state index in [0.29, 0.717) is 43.7 Å². The Morgan fingerprint density at radius 2 is 2.10 bits per heavy atom. The molecule has 1 aromatic carbocycles. The van der Waals surface area contributed by atoms with Crippen LogP contribution in [0.5, 0.6) is 0 Å². The largest absolute Gasteiger partial charge is 0.393 e. The number of nitrogen functional groups attached to an aromatic ring is 1. The summed E-state index contributed by atoms with van der Waals surface area (Å²) >= 11 is 0.831. The molecule has 0 radical (unpaired) electrons. The summed E-state index contributed by atoms with van der Waals surface area (Å²) in [4.78, 5) is 16.8. The number of ether oxygens (including phenoxy) is 1. The van der Waals surface area contributed by atoms with Crippen molar-refractivity contribution in [2.45, 2.75) is 37.9 Å². The van der Waals surface area contributed by atoms with Gasteiger partial charge in [0.15, 0.2) is 5.69 Å². The highest BCUT2D eigenvalue weighted by Crippen LogP contribution is 2.34. The fourth-order valence-electron chi connectivity index (χ4n) is 3.43. The van der Waals surface area contributed by atoms with Gasteiger partial charge in [0.1, 0.15) is 21.6 Å². The lowest BCUT2D eigenvalue weighted by atomic mass is 10.1. The number of hydrogen-bond donors (Lipinski definition) is 4. The molecule has 2 aromatic heterocycles. The van der Waals surface area contributed by atoms with Gasteiger partial charge in [0.25, 0.3) is 5.91 Å². The molecule has 31 heavy (non-hydrogen) atoms. The van der Waals surface area contributed by atoms with Crippen molar-refractivity contribution in [2.75, 3.05) is 17.7 Å². The molecule has 0 aliphatic carbocycles. The summed E-state index contributed by atoms with van der Waals surface area (Å²) in [5, 5.41) is 19.3. The van der Waals surface area contributed by atoms with Crippen molar-refractivity contribution < 1.29 is 23.4 Å². The first kappa shape index (κ1) is 21.3. The Hall–Kier alpha value is -2.89. The maximum absolute atomic E-state index is 14.1. The van der Waals surface area contributed by atoms with E-state index in [-0.39, 0.29) is 33.5 Å². The predicted molar refractivity (Wildman–Crippen MR) is 112 cm³/mol. The highest BCUT2D eigenvalue weighted by Gasteiger charge is 2.24. The van der Waals surface area contributed by atoms with Crippen LogP contribution in [0.4, 0.5) is 19.5 Å².